The first-order valence-electron chi connectivity index (χ1n) is 4.88. The zero-order valence-corrected chi connectivity index (χ0v) is 9.66. The van der Waals surface area contributed by atoms with E-state index in [4.69, 9.17) is 0 Å². The largest absolute Gasteiger partial charge is 0.300 e. The molecule has 2 rings (SSSR count). The molecule has 2 heterocycles. The molecule has 0 fully saturated rings. The number of rotatable bonds is 2. The normalized spacial score (nSPS) is 17.7. The third kappa shape index (κ3) is 1.89. The molecule has 0 aromatic carbocycles. The Bertz CT molecular complexity index is 451. The molecule has 0 saturated carbocycles. The standard InChI is InChI=1S/C8H14N4O2S/c1-3-7-9-10-8-4-5-11(6-12(7)8)15(2,13)14/h3-6H2,1-2H3. The van der Waals surface area contributed by atoms with Crippen LogP contribution >= 0.6 is 0 Å². The molecule has 1 aliphatic rings. The second-order valence-electron chi connectivity index (χ2n) is 3.64. The summed E-state index contributed by atoms with van der Waals surface area (Å²) in [6, 6.07) is 0. The number of hydrogen-bond donors (Lipinski definition) is 0. The van der Waals surface area contributed by atoms with E-state index in [0.717, 1.165) is 18.1 Å². The molecule has 84 valence electrons. The molecule has 0 amide bonds. The summed E-state index contributed by atoms with van der Waals surface area (Å²) < 4.78 is 26.1. The van der Waals surface area contributed by atoms with E-state index in [9.17, 15) is 8.42 Å². The monoisotopic (exact) mass is 230 g/mol. The Morgan fingerprint density at radius 2 is 2.13 bits per heavy atom. The van der Waals surface area contributed by atoms with Crippen molar-refractivity contribution in [1.82, 2.24) is 19.1 Å². The molecule has 0 saturated heterocycles. The van der Waals surface area contributed by atoms with Gasteiger partial charge in [0.1, 0.15) is 11.6 Å². The van der Waals surface area contributed by atoms with Gasteiger partial charge in [0.15, 0.2) is 0 Å². The molecular formula is C8H14N4O2S. The van der Waals surface area contributed by atoms with Crippen molar-refractivity contribution in [3.8, 4) is 0 Å². The maximum Gasteiger partial charge on any atom is 0.212 e. The van der Waals surface area contributed by atoms with E-state index in [-0.39, 0.29) is 0 Å². The number of sulfonamides is 1. The van der Waals surface area contributed by atoms with Crippen molar-refractivity contribution in [3.05, 3.63) is 11.6 Å². The zero-order valence-electron chi connectivity index (χ0n) is 8.84. The van der Waals surface area contributed by atoms with Crippen molar-refractivity contribution in [1.29, 1.82) is 0 Å². The average Bonchev–Trinajstić information content (AvgIpc) is 2.57. The van der Waals surface area contributed by atoms with Gasteiger partial charge in [-0.05, 0) is 0 Å². The number of aryl methyl sites for hydroxylation is 1. The maximum atomic E-state index is 11.4. The molecule has 0 spiro atoms. The molecule has 1 aromatic rings. The Morgan fingerprint density at radius 1 is 1.40 bits per heavy atom. The average molecular weight is 230 g/mol. The van der Waals surface area contributed by atoms with Crippen LogP contribution in [0.5, 0.6) is 0 Å². The van der Waals surface area contributed by atoms with Crippen LogP contribution in [-0.2, 0) is 29.5 Å². The van der Waals surface area contributed by atoms with Gasteiger partial charge in [-0.1, -0.05) is 6.92 Å². The van der Waals surface area contributed by atoms with Crippen LogP contribution in [0.2, 0.25) is 0 Å². The van der Waals surface area contributed by atoms with Crippen LogP contribution in [0.15, 0.2) is 0 Å². The Labute approximate surface area is 89.0 Å². The third-order valence-electron chi connectivity index (χ3n) is 2.57. The van der Waals surface area contributed by atoms with Crippen molar-refractivity contribution in [2.75, 3.05) is 12.8 Å². The van der Waals surface area contributed by atoms with E-state index >= 15 is 0 Å². The molecule has 15 heavy (non-hydrogen) atoms. The van der Waals surface area contributed by atoms with E-state index < -0.39 is 10.0 Å². The first-order chi connectivity index (χ1) is 7.02. The SMILES string of the molecule is CCc1nnc2n1CN(S(C)(=O)=O)CC2. The van der Waals surface area contributed by atoms with Gasteiger partial charge in [-0.15, -0.1) is 10.2 Å². The molecule has 0 bridgehead atoms. The Kier molecular flexibility index (Phi) is 2.51. The number of hydrogen-bond acceptors (Lipinski definition) is 4. The molecule has 0 N–H and O–H groups in total. The van der Waals surface area contributed by atoms with Gasteiger partial charge in [0.25, 0.3) is 0 Å². The Hall–Kier alpha value is -0.950. The smallest absolute Gasteiger partial charge is 0.212 e. The summed E-state index contributed by atoms with van der Waals surface area (Å²) in [5.74, 6) is 1.73. The fourth-order valence-corrected chi connectivity index (χ4v) is 2.45. The first kappa shape index (κ1) is 10.6. The molecule has 0 atom stereocenters. The highest BCUT2D eigenvalue weighted by atomic mass is 32.2. The lowest BCUT2D eigenvalue weighted by Crippen LogP contribution is -2.38. The summed E-state index contributed by atoms with van der Waals surface area (Å²) >= 11 is 0. The van der Waals surface area contributed by atoms with Crippen molar-refractivity contribution in [2.24, 2.45) is 0 Å². The van der Waals surface area contributed by atoms with Gasteiger partial charge < -0.3 is 4.57 Å². The molecule has 1 aromatic heterocycles. The first-order valence-corrected chi connectivity index (χ1v) is 6.73. The molecule has 0 radical (unpaired) electrons. The summed E-state index contributed by atoms with van der Waals surface area (Å²) in [5.41, 5.74) is 0. The lowest BCUT2D eigenvalue weighted by atomic mass is 10.3. The van der Waals surface area contributed by atoms with Crippen LogP contribution < -0.4 is 0 Å². The molecule has 0 unspecified atom stereocenters. The van der Waals surface area contributed by atoms with E-state index in [2.05, 4.69) is 10.2 Å². The van der Waals surface area contributed by atoms with Gasteiger partial charge in [-0.25, -0.2) is 8.42 Å². The van der Waals surface area contributed by atoms with Crippen LogP contribution in [0.3, 0.4) is 0 Å². The van der Waals surface area contributed by atoms with E-state index in [0.29, 0.717) is 19.6 Å². The third-order valence-corrected chi connectivity index (χ3v) is 3.81. The van der Waals surface area contributed by atoms with Gasteiger partial charge in [0.2, 0.25) is 10.0 Å². The Balaban J connectivity index is 2.32. The zero-order chi connectivity index (χ0) is 11.1. The summed E-state index contributed by atoms with van der Waals surface area (Å²) in [6.45, 7) is 2.84. The minimum atomic E-state index is -3.11. The predicted molar refractivity (Wildman–Crippen MR) is 54.7 cm³/mol. The second-order valence-corrected chi connectivity index (χ2v) is 5.63. The highest BCUT2D eigenvalue weighted by Crippen LogP contribution is 2.14. The van der Waals surface area contributed by atoms with Crippen molar-refractivity contribution in [3.63, 3.8) is 0 Å². The fraction of sp³-hybridized carbons (Fsp3) is 0.750. The van der Waals surface area contributed by atoms with Crippen molar-refractivity contribution < 1.29 is 8.42 Å². The quantitative estimate of drug-likeness (QED) is 0.694. The topological polar surface area (TPSA) is 68.1 Å². The Morgan fingerprint density at radius 3 is 2.73 bits per heavy atom. The van der Waals surface area contributed by atoms with Gasteiger partial charge in [0, 0.05) is 19.4 Å². The summed E-state index contributed by atoms with van der Waals surface area (Å²) in [7, 11) is -3.11. The highest BCUT2D eigenvalue weighted by Gasteiger charge is 2.25. The van der Waals surface area contributed by atoms with Crippen LogP contribution in [0.4, 0.5) is 0 Å². The minimum absolute atomic E-state index is 0.352. The van der Waals surface area contributed by atoms with E-state index in [1.807, 2.05) is 11.5 Å². The predicted octanol–water partition coefficient (Wildman–Crippen LogP) is -0.384. The lowest BCUT2D eigenvalue weighted by molar-refractivity contribution is 0.307. The van der Waals surface area contributed by atoms with Crippen LogP contribution in [0.25, 0.3) is 0 Å². The van der Waals surface area contributed by atoms with Crippen LogP contribution in [0, 0.1) is 0 Å². The van der Waals surface area contributed by atoms with Gasteiger partial charge in [-0.3, -0.25) is 0 Å². The number of nitrogens with zero attached hydrogens (tertiary/aromatic N) is 4. The number of aromatic nitrogens is 3. The van der Waals surface area contributed by atoms with Gasteiger partial charge >= 0.3 is 0 Å². The van der Waals surface area contributed by atoms with Crippen LogP contribution in [-0.4, -0.2) is 40.3 Å². The van der Waals surface area contributed by atoms with Gasteiger partial charge in [0.05, 0.1) is 12.9 Å². The molecule has 1 aliphatic heterocycles. The number of fused-ring (bicyclic) bond motifs is 1. The fourth-order valence-electron chi connectivity index (χ4n) is 1.71. The van der Waals surface area contributed by atoms with Crippen LogP contribution in [0.1, 0.15) is 18.6 Å². The summed E-state index contributed by atoms with van der Waals surface area (Å²) in [4.78, 5) is 0. The lowest BCUT2D eigenvalue weighted by Gasteiger charge is -2.26. The summed E-state index contributed by atoms with van der Waals surface area (Å²) in [5, 5.41) is 8.06. The van der Waals surface area contributed by atoms with Gasteiger partial charge in [-0.2, -0.15) is 4.31 Å². The van der Waals surface area contributed by atoms with E-state index in [1.165, 1.54) is 10.6 Å². The molecule has 0 aliphatic carbocycles. The molecule has 6 nitrogen and oxygen atoms in total. The van der Waals surface area contributed by atoms with Crippen molar-refractivity contribution >= 4 is 10.0 Å². The molecule has 7 heteroatoms. The van der Waals surface area contributed by atoms with E-state index in [1.54, 1.807) is 0 Å². The summed E-state index contributed by atoms with van der Waals surface area (Å²) in [6.07, 6.45) is 2.64. The highest BCUT2D eigenvalue weighted by molar-refractivity contribution is 7.88. The minimum Gasteiger partial charge on any atom is -0.300 e. The molecular weight excluding hydrogens is 216 g/mol. The maximum absolute atomic E-state index is 11.4. The van der Waals surface area contributed by atoms with Crippen molar-refractivity contribution in [2.45, 2.75) is 26.4 Å². The second kappa shape index (κ2) is 3.57.